The van der Waals surface area contributed by atoms with Crippen molar-refractivity contribution in [1.82, 2.24) is 0 Å². The number of fused-ring (bicyclic) bond motifs is 10. The molecular formula is C59H74BN3Si. The molecule has 0 radical (unpaired) electrons. The summed E-state index contributed by atoms with van der Waals surface area (Å²) in [6.45, 7) is 37.4. The third kappa shape index (κ3) is 5.46. The van der Waals surface area contributed by atoms with Gasteiger partial charge in [0.2, 0.25) is 0 Å². The Labute approximate surface area is 388 Å². The quantitative estimate of drug-likeness (QED) is 0.164. The zero-order chi connectivity index (χ0) is 45.5. The lowest BCUT2D eigenvalue weighted by Gasteiger charge is -2.54. The molecule has 4 heterocycles. The standard InChI is InChI=1S/C59H74BN3Si/c1-37-29-38(2)51-48(30-37)62(59(12)28-19-17-26-57(51,59)10)42-33-49-52-50(34-42)63-53-44(56(9)25-16-18-27-58(56,63)11)35-43(64(13,14)15)36-46(53)60(52)45-24-23-40(55(6,7)8)32-47(45)61(49)41-22-20-21-39(31-41)54(3,4)5/h20-24,29-36H,16-19,25-28H2,1-15H3. The molecule has 5 aromatic carbocycles. The van der Waals surface area contributed by atoms with E-state index in [1.54, 1.807) is 21.8 Å². The molecule has 0 amide bonds. The van der Waals surface area contributed by atoms with E-state index >= 15 is 0 Å². The van der Waals surface area contributed by atoms with Gasteiger partial charge in [-0.25, -0.2) is 0 Å². The van der Waals surface area contributed by atoms with Gasteiger partial charge < -0.3 is 14.7 Å². The van der Waals surface area contributed by atoms with Gasteiger partial charge in [-0.05, 0) is 150 Å². The number of hydrogen-bond acceptors (Lipinski definition) is 3. The molecule has 5 heteroatoms. The summed E-state index contributed by atoms with van der Waals surface area (Å²) in [5.41, 5.74) is 23.0. The molecule has 3 nitrogen and oxygen atoms in total. The molecule has 5 aromatic rings. The van der Waals surface area contributed by atoms with Gasteiger partial charge >= 0.3 is 0 Å². The highest BCUT2D eigenvalue weighted by molar-refractivity contribution is 7.01. The van der Waals surface area contributed by atoms with E-state index in [0.717, 1.165) is 0 Å². The number of aryl methyl sites for hydroxylation is 2. The molecule has 64 heavy (non-hydrogen) atoms. The van der Waals surface area contributed by atoms with Crippen LogP contribution >= 0.6 is 0 Å². The second kappa shape index (κ2) is 13.2. The summed E-state index contributed by atoms with van der Waals surface area (Å²) in [7, 11) is -1.72. The van der Waals surface area contributed by atoms with Gasteiger partial charge in [0.25, 0.3) is 6.71 Å². The Hall–Kier alpha value is -4.22. The fourth-order valence-corrected chi connectivity index (χ4v) is 15.7. The molecule has 0 N–H and O–H groups in total. The van der Waals surface area contributed by atoms with Crippen molar-refractivity contribution >= 4 is 76.2 Å². The Morgan fingerprint density at radius 1 is 0.562 bits per heavy atom. The summed E-state index contributed by atoms with van der Waals surface area (Å²) in [5, 5.41) is 1.61. The smallest absolute Gasteiger partial charge is 0.252 e. The van der Waals surface area contributed by atoms with E-state index in [4.69, 9.17) is 0 Å². The summed E-state index contributed by atoms with van der Waals surface area (Å²) >= 11 is 0. The predicted octanol–water partition coefficient (Wildman–Crippen LogP) is 13.5. The van der Waals surface area contributed by atoms with E-state index in [1.807, 2.05) is 0 Å². The fourth-order valence-electron chi connectivity index (χ4n) is 14.5. The molecule has 11 rings (SSSR count). The molecule has 6 aliphatic rings. The number of benzene rings is 5. The molecule has 0 bridgehead atoms. The predicted molar refractivity (Wildman–Crippen MR) is 281 cm³/mol. The van der Waals surface area contributed by atoms with E-state index < -0.39 is 8.07 Å². The first-order valence-electron chi connectivity index (χ1n) is 25.1. The Balaban J connectivity index is 1.31. The van der Waals surface area contributed by atoms with Gasteiger partial charge in [-0.3, -0.25) is 0 Å². The average Bonchev–Trinajstić information content (AvgIpc) is 3.56. The maximum absolute atomic E-state index is 2.98. The highest BCUT2D eigenvalue weighted by Gasteiger charge is 2.63. The Morgan fingerprint density at radius 3 is 1.86 bits per heavy atom. The minimum atomic E-state index is -1.72. The van der Waals surface area contributed by atoms with Crippen LogP contribution in [-0.2, 0) is 21.7 Å². The lowest BCUT2D eigenvalue weighted by Crippen LogP contribution is -2.65. The van der Waals surface area contributed by atoms with Crippen LogP contribution in [0, 0.1) is 13.8 Å². The third-order valence-electron chi connectivity index (χ3n) is 18.5. The summed E-state index contributed by atoms with van der Waals surface area (Å²) in [4.78, 5) is 8.59. The van der Waals surface area contributed by atoms with Gasteiger partial charge in [0.15, 0.2) is 0 Å². The fraction of sp³-hybridized carbons (Fsp3) is 0.492. The van der Waals surface area contributed by atoms with Gasteiger partial charge in [-0.2, -0.15) is 0 Å². The van der Waals surface area contributed by atoms with Crippen LogP contribution in [0.4, 0.5) is 39.8 Å². The Bertz CT molecular complexity index is 2820. The van der Waals surface area contributed by atoms with E-state index in [-0.39, 0.29) is 39.5 Å². The molecule has 2 saturated carbocycles. The van der Waals surface area contributed by atoms with Crippen LogP contribution in [0.3, 0.4) is 0 Å². The van der Waals surface area contributed by atoms with Crippen molar-refractivity contribution in [2.75, 3.05) is 14.7 Å². The van der Waals surface area contributed by atoms with Crippen LogP contribution in [0.15, 0.2) is 78.9 Å². The summed E-state index contributed by atoms with van der Waals surface area (Å²) in [6.07, 6.45) is 9.98. The van der Waals surface area contributed by atoms with Crippen LogP contribution in [0.1, 0.15) is 154 Å². The highest BCUT2D eigenvalue weighted by atomic mass is 28.3. The average molecular weight is 864 g/mol. The largest absolute Gasteiger partial charge is 0.335 e. The van der Waals surface area contributed by atoms with Crippen molar-refractivity contribution in [1.29, 1.82) is 0 Å². The first kappa shape index (κ1) is 42.4. The molecule has 0 saturated heterocycles. The van der Waals surface area contributed by atoms with Gasteiger partial charge in [0.1, 0.15) is 0 Å². The van der Waals surface area contributed by atoms with Crippen molar-refractivity contribution < 1.29 is 0 Å². The van der Waals surface area contributed by atoms with Crippen molar-refractivity contribution in [2.45, 2.75) is 187 Å². The molecule has 0 spiro atoms. The summed E-state index contributed by atoms with van der Waals surface area (Å²) in [6, 6.07) is 33.0. The van der Waals surface area contributed by atoms with Crippen LogP contribution in [-0.4, -0.2) is 25.9 Å². The third-order valence-corrected chi connectivity index (χ3v) is 20.5. The van der Waals surface area contributed by atoms with Crippen molar-refractivity contribution in [3.8, 4) is 0 Å². The number of rotatable bonds is 3. The van der Waals surface area contributed by atoms with Crippen molar-refractivity contribution in [2.24, 2.45) is 0 Å². The normalized spacial score (nSPS) is 26.6. The first-order chi connectivity index (χ1) is 29.9. The Kier molecular flexibility index (Phi) is 8.77. The van der Waals surface area contributed by atoms with Gasteiger partial charge in [-0.1, -0.05) is 148 Å². The minimum absolute atomic E-state index is 0.00248. The van der Waals surface area contributed by atoms with Crippen LogP contribution in [0.5, 0.6) is 0 Å². The van der Waals surface area contributed by atoms with Crippen LogP contribution < -0.4 is 36.3 Å². The minimum Gasteiger partial charge on any atom is -0.335 e. The van der Waals surface area contributed by atoms with E-state index in [0.29, 0.717) is 0 Å². The number of hydrogen-bond donors (Lipinski definition) is 0. The zero-order valence-corrected chi connectivity index (χ0v) is 43.1. The molecule has 0 aromatic heterocycles. The van der Waals surface area contributed by atoms with E-state index in [9.17, 15) is 0 Å². The Morgan fingerprint density at radius 2 is 1.19 bits per heavy atom. The highest BCUT2D eigenvalue weighted by Crippen LogP contribution is 2.65. The number of anilines is 7. The molecule has 4 unspecified atom stereocenters. The lowest BCUT2D eigenvalue weighted by molar-refractivity contribution is 0.193. The lowest BCUT2D eigenvalue weighted by atomic mass is 9.33. The zero-order valence-electron chi connectivity index (χ0n) is 42.1. The van der Waals surface area contributed by atoms with Crippen molar-refractivity contribution in [3.05, 3.63) is 112 Å². The second-order valence-electron chi connectivity index (χ2n) is 25.5. The summed E-state index contributed by atoms with van der Waals surface area (Å²) < 4.78 is 0. The van der Waals surface area contributed by atoms with E-state index in [1.165, 1.54) is 124 Å². The maximum Gasteiger partial charge on any atom is 0.252 e. The monoisotopic (exact) mass is 864 g/mol. The van der Waals surface area contributed by atoms with Gasteiger partial charge in [-0.15, -0.1) is 0 Å². The van der Waals surface area contributed by atoms with E-state index in [2.05, 4.69) is 196 Å². The molecule has 2 fully saturated rings. The molecule has 2 aliphatic carbocycles. The molecule has 4 aliphatic heterocycles. The molecular weight excluding hydrogens is 790 g/mol. The molecule has 4 atom stereocenters. The summed E-state index contributed by atoms with van der Waals surface area (Å²) in [5.74, 6) is 0. The second-order valence-corrected chi connectivity index (χ2v) is 30.6. The van der Waals surface area contributed by atoms with Gasteiger partial charge in [0, 0.05) is 50.6 Å². The first-order valence-corrected chi connectivity index (χ1v) is 28.6. The molecule has 332 valence electrons. The van der Waals surface area contributed by atoms with Crippen molar-refractivity contribution in [3.63, 3.8) is 0 Å². The van der Waals surface area contributed by atoms with Gasteiger partial charge in [0.05, 0.1) is 19.2 Å². The topological polar surface area (TPSA) is 9.72 Å². The van der Waals surface area contributed by atoms with Crippen LogP contribution in [0.25, 0.3) is 0 Å². The maximum atomic E-state index is 2.98. The SMILES string of the molecule is Cc1cc(C)c2c(c1)N(c1cc3c4c(c1)N1c5c(cc([Si](C)(C)C)cc5C5(C)CCCCC15C)B4c1ccc(C(C)(C)C)cc1N3c1cccc(C(C)(C)C)c1)C1(C)CCCCC21C. The van der Waals surface area contributed by atoms with Crippen LogP contribution in [0.2, 0.25) is 19.6 Å². The number of nitrogens with zero attached hydrogens (tertiary/aromatic N) is 3.